The first-order chi connectivity index (χ1) is 70.9. The third-order valence-corrected chi connectivity index (χ3v) is 30.2. The van der Waals surface area contributed by atoms with Crippen molar-refractivity contribution in [2.45, 2.75) is 283 Å². The highest BCUT2D eigenvalue weighted by Crippen LogP contribution is 2.46. The lowest BCUT2D eigenvalue weighted by molar-refractivity contribution is 0.302. The van der Waals surface area contributed by atoms with Crippen LogP contribution in [-0.4, -0.2) is 46.8 Å². The Morgan fingerprint density at radius 3 is 0.510 bits per heavy atom. The Bertz CT molecular complexity index is 8280. The quantitative estimate of drug-likeness (QED) is 0.0427. The molecule has 0 spiro atoms. The van der Waals surface area contributed by atoms with E-state index in [9.17, 15) is 0 Å². The molecule has 0 aliphatic carbocycles. The van der Waals surface area contributed by atoms with Gasteiger partial charge in [-0.1, -0.05) is 184 Å². The SMILES string of the molecule is CCCCCCCOc1ccc2c(oc3c(C)c(C)ccc32)c1C.CCCCCCOc1ccc2c(oc3c(C)c(C)ccc32)c1C.CCCCCOc1ccc2c(oc3c(C)c(C)ccc32)c1C.CCCCOc1ccc2c(oc3c(C)c(C)ccc32)c1C.CCCOc1ccc2c(oc3c(C)c(C)ccc32)c1C.CCOc1ccc2c(oc3c(C)c(C)ccc32)c1C.COc1ccc2c(oc3c(C)c(C)ccc32)c1C. The van der Waals surface area contributed by atoms with Gasteiger partial charge in [0.25, 0.3) is 0 Å². The Kier molecular flexibility index (Phi) is 35.3. The van der Waals surface area contributed by atoms with E-state index in [2.05, 4.69) is 331 Å². The summed E-state index contributed by atoms with van der Waals surface area (Å²) in [6.07, 6.45) is 17.9. The molecule has 14 aromatic carbocycles. The van der Waals surface area contributed by atoms with Crippen molar-refractivity contribution in [1.82, 2.24) is 0 Å². The Hall–Kier alpha value is -13.7. The minimum Gasteiger partial charge on any atom is -0.496 e. The van der Waals surface area contributed by atoms with Gasteiger partial charge < -0.3 is 64.1 Å². The fourth-order valence-electron chi connectivity index (χ4n) is 19.8. The van der Waals surface area contributed by atoms with Crippen molar-refractivity contribution in [2.24, 2.45) is 0 Å². The molecular weight excluding hydrogens is 1820 g/mol. The van der Waals surface area contributed by atoms with E-state index in [1.165, 1.54) is 206 Å². The van der Waals surface area contributed by atoms with Crippen LogP contribution in [0.25, 0.3) is 154 Å². The molecule has 0 atom stereocenters. The summed E-state index contributed by atoms with van der Waals surface area (Å²) in [6.45, 7) is 61.6. The molecule has 0 N–H and O–H groups in total. The van der Waals surface area contributed by atoms with Gasteiger partial charge in [0.15, 0.2) is 0 Å². The molecule has 14 heteroatoms. The van der Waals surface area contributed by atoms with Crippen LogP contribution in [0.2, 0.25) is 0 Å². The van der Waals surface area contributed by atoms with E-state index in [4.69, 9.17) is 64.1 Å². The largest absolute Gasteiger partial charge is 0.496 e. The summed E-state index contributed by atoms with van der Waals surface area (Å²) in [7, 11) is 1.69. The normalized spacial score (nSPS) is 11.4. The molecule has 0 radical (unpaired) electrons. The van der Waals surface area contributed by atoms with Crippen LogP contribution in [0.1, 0.15) is 255 Å². The van der Waals surface area contributed by atoms with Gasteiger partial charge in [-0.25, -0.2) is 0 Å². The lowest BCUT2D eigenvalue weighted by atomic mass is 10.0. The highest BCUT2D eigenvalue weighted by Gasteiger charge is 2.24. The van der Waals surface area contributed by atoms with Crippen LogP contribution in [0.5, 0.6) is 40.2 Å². The molecule has 21 aromatic rings. The van der Waals surface area contributed by atoms with E-state index in [1.807, 2.05) is 26.0 Å². The summed E-state index contributed by atoms with van der Waals surface area (Å²) in [6, 6.07) is 59.4. The maximum atomic E-state index is 6.21. The third kappa shape index (κ3) is 22.6. The van der Waals surface area contributed by atoms with E-state index in [0.29, 0.717) is 6.61 Å². The molecule has 0 aliphatic heterocycles. The topological polar surface area (TPSA) is 157 Å². The van der Waals surface area contributed by atoms with Gasteiger partial charge in [0.05, 0.1) is 46.8 Å². The molecule has 770 valence electrons. The highest BCUT2D eigenvalue weighted by atomic mass is 16.5. The lowest BCUT2D eigenvalue weighted by Crippen LogP contribution is -1.98. The molecule has 0 saturated carbocycles. The van der Waals surface area contributed by atoms with Crippen molar-refractivity contribution in [3.63, 3.8) is 0 Å². The molecule has 7 aromatic heterocycles. The van der Waals surface area contributed by atoms with Gasteiger partial charge in [-0.05, 0) is 347 Å². The smallest absolute Gasteiger partial charge is 0.142 e. The average molecular weight is 1980 g/mol. The Balaban J connectivity index is 0.000000129. The Labute approximate surface area is 869 Å². The summed E-state index contributed by atoms with van der Waals surface area (Å²) in [4.78, 5) is 0. The van der Waals surface area contributed by atoms with Crippen molar-refractivity contribution >= 4 is 154 Å². The average Bonchev–Trinajstić information content (AvgIpc) is 1.63. The zero-order valence-electron chi connectivity index (χ0n) is 92.7. The molecule has 0 aliphatic rings. The Morgan fingerprint density at radius 2 is 0.306 bits per heavy atom. The van der Waals surface area contributed by atoms with Crippen molar-refractivity contribution in [1.29, 1.82) is 0 Å². The van der Waals surface area contributed by atoms with E-state index >= 15 is 0 Å². The summed E-state index contributed by atoms with van der Waals surface area (Å²) in [5, 5.41) is 16.5. The number of furan rings is 7. The molecule has 147 heavy (non-hydrogen) atoms. The van der Waals surface area contributed by atoms with Crippen LogP contribution in [0.15, 0.2) is 201 Å². The fourth-order valence-corrected chi connectivity index (χ4v) is 19.8. The molecule has 0 bridgehead atoms. The van der Waals surface area contributed by atoms with Crippen LogP contribution >= 0.6 is 0 Å². The van der Waals surface area contributed by atoms with Crippen molar-refractivity contribution in [3.8, 4) is 40.2 Å². The number of hydrogen-bond acceptors (Lipinski definition) is 14. The molecule has 0 unspecified atom stereocenters. The molecule has 0 amide bonds. The molecule has 7 heterocycles. The van der Waals surface area contributed by atoms with Crippen molar-refractivity contribution < 1.29 is 64.1 Å². The van der Waals surface area contributed by atoms with Crippen LogP contribution in [0, 0.1) is 145 Å². The van der Waals surface area contributed by atoms with E-state index < -0.39 is 0 Å². The first-order valence-corrected chi connectivity index (χ1v) is 53.7. The number of fused-ring (bicyclic) bond motifs is 21. The number of aryl methyl sites for hydroxylation is 21. The van der Waals surface area contributed by atoms with Crippen molar-refractivity contribution in [3.05, 3.63) is 287 Å². The van der Waals surface area contributed by atoms with Crippen LogP contribution in [0.4, 0.5) is 0 Å². The zero-order valence-corrected chi connectivity index (χ0v) is 92.7. The third-order valence-electron chi connectivity index (χ3n) is 30.2. The molecule has 0 saturated heterocycles. The van der Waals surface area contributed by atoms with Gasteiger partial charge in [-0.2, -0.15) is 0 Å². The number of methoxy groups -OCH3 is 1. The molecule has 21 rings (SSSR count). The minimum atomic E-state index is 0.671. The summed E-state index contributed by atoms with van der Waals surface area (Å²) in [5.41, 5.74) is 38.6. The highest BCUT2D eigenvalue weighted by molar-refractivity contribution is 6.13. The van der Waals surface area contributed by atoms with Gasteiger partial charge in [0.2, 0.25) is 0 Å². The molecule has 0 fully saturated rings. The van der Waals surface area contributed by atoms with E-state index in [-0.39, 0.29) is 0 Å². The van der Waals surface area contributed by atoms with Gasteiger partial charge in [-0.15, -0.1) is 0 Å². The standard InChI is InChI=1S/C22H28O2.C21H26O2.C20H24O2.C19H22O2.C18H20O2.C17H18O2.C16H16O2/c1-5-6-7-8-9-14-23-20-13-12-19-18-11-10-15(2)16(3)21(18)24-22(19)17(20)4;1-5-6-7-8-13-22-19-12-11-18-17-10-9-14(2)15(3)20(17)23-21(18)16(19)4;1-5-6-7-12-21-18-11-10-17-16-9-8-13(2)14(3)19(16)22-20(17)15(18)4;1-5-6-11-20-17-10-9-16-15-8-7-12(2)13(3)18(15)21-19(16)14(17)4;1-5-10-19-16-9-8-15-14-7-6-11(2)12(3)17(14)20-18(15)13(16)4;1-5-18-15-9-8-14-13-7-6-10(2)11(3)16(13)19-17(14)12(15)4;1-9-5-6-12-13-7-8-14(17-4)11(3)16(13)18-15(12)10(9)2/h10-13H,5-9,14H2,1-4H3;9-12H,5-8,13H2,1-4H3;8-11H,5-7,12H2,1-4H3;7-10H,5-6,11H2,1-4H3;6-9H,5,10H2,1-4H3;6-9H,5H2,1-4H3;5-8H,1-4H3. The van der Waals surface area contributed by atoms with Crippen LogP contribution < -0.4 is 33.2 Å². The van der Waals surface area contributed by atoms with Crippen molar-refractivity contribution in [2.75, 3.05) is 46.8 Å². The number of rotatable bonds is 28. The molecular formula is C133H154O14. The number of ether oxygens (including phenoxy) is 7. The number of benzene rings is 14. The van der Waals surface area contributed by atoms with E-state index in [0.717, 1.165) is 234 Å². The number of hydrogen-bond donors (Lipinski definition) is 0. The first kappa shape index (κ1) is 108. The minimum absolute atomic E-state index is 0.671. The van der Waals surface area contributed by atoms with Crippen LogP contribution in [0.3, 0.4) is 0 Å². The molecule has 14 nitrogen and oxygen atoms in total. The van der Waals surface area contributed by atoms with Gasteiger partial charge in [-0.3, -0.25) is 0 Å². The fraction of sp³-hybridized carbons (Fsp3) is 0.368. The second kappa shape index (κ2) is 48.3. The Morgan fingerprint density at radius 1 is 0.150 bits per heavy atom. The first-order valence-electron chi connectivity index (χ1n) is 53.7. The second-order valence-electron chi connectivity index (χ2n) is 40.3. The predicted molar refractivity (Wildman–Crippen MR) is 618 cm³/mol. The lowest BCUT2D eigenvalue weighted by Gasteiger charge is -2.09. The number of unbranched alkanes of at least 4 members (excludes halogenated alkanes) is 10. The summed E-state index contributed by atoms with van der Waals surface area (Å²) < 4.78 is 83.6. The van der Waals surface area contributed by atoms with Gasteiger partial charge in [0.1, 0.15) is 118 Å². The zero-order chi connectivity index (χ0) is 105. The maximum Gasteiger partial charge on any atom is 0.142 e. The van der Waals surface area contributed by atoms with E-state index in [1.54, 1.807) is 7.11 Å². The monoisotopic (exact) mass is 1980 g/mol. The summed E-state index contributed by atoms with van der Waals surface area (Å²) in [5.74, 6) is 6.47. The maximum absolute atomic E-state index is 6.21. The van der Waals surface area contributed by atoms with Gasteiger partial charge >= 0.3 is 0 Å². The van der Waals surface area contributed by atoms with Crippen LogP contribution in [-0.2, 0) is 0 Å². The van der Waals surface area contributed by atoms with Gasteiger partial charge in [0, 0.05) is 114 Å². The summed E-state index contributed by atoms with van der Waals surface area (Å²) >= 11 is 0. The predicted octanol–water partition coefficient (Wildman–Crippen LogP) is 39.8. The second-order valence-corrected chi connectivity index (χ2v) is 40.3.